The molecule has 24 heavy (non-hydrogen) atoms. The van der Waals surface area contributed by atoms with E-state index >= 15 is 0 Å². The highest BCUT2D eigenvalue weighted by Crippen LogP contribution is 2.18. The van der Waals surface area contributed by atoms with Gasteiger partial charge in [0.25, 0.3) is 0 Å². The quantitative estimate of drug-likeness (QED) is 0.825. The lowest BCUT2D eigenvalue weighted by atomic mass is 10.0. The maximum absolute atomic E-state index is 12.7. The summed E-state index contributed by atoms with van der Waals surface area (Å²) in [5, 5.41) is 0.331. The Balaban J connectivity index is 2.19. The van der Waals surface area contributed by atoms with Crippen LogP contribution in [0.1, 0.15) is 20.3 Å². The van der Waals surface area contributed by atoms with E-state index < -0.39 is 16.1 Å². The van der Waals surface area contributed by atoms with E-state index in [2.05, 4.69) is 4.72 Å². The van der Waals surface area contributed by atoms with Gasteiger partial charge in [-0.25, -0.2) is 8.42 Å². The first-order chi connectivity index (χ1) is 11.3. The van der Waals surface area contributed by atoms with Gasteiger partial charge in [-0.1, -0.05) is 31.5 Å². The first kappa shape index (κ1) is 19.2. The number of carbonyl (C=O) groups is 1. The van der Waals surface area contributed by atoms with Crippen molar-refractivity contribution in [2.45, 2.75) is 31.2 Å². The summed E-state index contributed by atoms with van der Waals surface area (Å²) in [6, 6.07) is 5.20. The SMILES string of the molecule is CC(C)C[C@H](NS(=O)(=O)c1cccc(Cl)c1)C(=O)N1CCOCC1. The number of halogens is 1. The molecule has 1 atom stereocenters. The summed E-state index contributed by atoms with van der Waals surface area (Å²) in [6.07, 6.45) is 0.427. The Kier molecular flexibility index (Phi) is 6.62. The second-order valence-corrected chi connectivity index (χ2v) is 8.35. The molecule has 0 spiro atoms. The minimum Gasteiger partial charge on any atom is -0.378 e. The fourth-order valence-electron chi connectivity index (χ4n) is 2.56. The lowest BCUT2D eigenvalue weighted by Gasteiger charge is -2.31. The Bertz CT molecular complexity index is 672. The summed E-state index contributed by atoms with van der Waals surface area (Å²) in [5.41, 5.74) is 0. The molecule has 6 nitrogen and oxygen atoms in total. The highest BCUT2D eigenvalue weighted by molar-refractivity contribution is 7.89. The Morgan fingerprint density at radius 1 is 1.33 bits per heavy atom. The molecule has 0 unspecified atom stereocenters. The van der Waals surface area contributed by atoms with E-state index in [-0.39, 0.29) is 16.7 Å². The number of amides is 1. The molecule has 1 saturated heterocycles. The van der Waals surface area contributed by atoms with Gasteiger partial charge in [0, 0.05) is 18.1 Å². The fourth-order valence-corrected chi connectivity index (χ4v) is 4.07. The van der Waals surface area contributed by atoms with Crippen molar-refractivity contribution < 1.29 is 17.9 Å². The van der Waals surface area contributed by atoms with E-state index in [0.717, 1.165) is 0 Å². The smallest absolute Gasteiger partial charge is 0.241 e. The van der Waals surface area contributed by atoms with Gasteiger partial charge in [0.15, 0.2) is 0 Å². The molecule has 1 aliphatic heterocycles. The number of nitrogens with zero attached hydrogens (tertiary/aromatic N) is 1. The molecule has 1 N–H and O–H groups in total. The average Bonchev–Trinajstić information content (AvgIpc) is 2.54. The Labute approximate surface area is 148 Å². The summed E-state index contributed by atoms with van der Waals surface area (Å²) in [4.78, 5) is 14.4. The van der Waals surface area contributed by atoms with Gasteiger partial charge in [-0.2, -0.15) is 4.72 Å². The largest absolute Gasteiger partial charge is 0.378 e. The average molecular weight is 375 g/mol. The topological polar surface area (TPSA) is 75.7 Å². The molecule has 1 aromatic rings. The second kappa shape index (κ2) is 8.29. The van der Waals surface area contributed by atoms with Crippen molar-refractivity contribution in [2.24, 2.45) is 5.92 Å². The number of carbonyl (C=O) groups excluding carboxylic acids is 1. The second-order valence-electron chi connectivity index (χ2n) is 6.20. The van der Waals surface area contributed by atoms with Crippen molar-refractivity contribution in [3.8, 4) is 0 Å². The maximum atomic E-state index is 12.7. The predicted molar refractivity (Wildman–Crippen MR) is 92.4 cm³/mol. The van der Waals surface area contributed by atoms with Gasteiger partial charge >= 0.3 is 0 Å². The molecule has 134 valence electrons. The molecule has 1 fully saturated rings. The fraction of sp³-hybridized carbons (Fsp3) is 0.562. The number of hydrogen-bond acceptors (Lipinski definition) is 4. The Morgan fingerprint density at radius 3 is 2.58 bits per heavy atom. The van der Waals surface area contributed by atoms with Crippen molar-refractivity contribution in [2.75, 3.05) is 26.3 Å². The molecule has 1 aliphatic rings. The van der Waals surface area contributed by atoms with E-state index in [1.165, 1.54) is 12.1 Å². The molecule has 0 bridgehead atoms. The van der Waals surface area contributed by atoms with Crippen molar-refractivity contribution in [1.82, 2.24) is 9.62 Å². The van der Waals surface area contributed by atoms with E-state index in [9.17, 15) is 13.2 Å². The van der Waals surface area contributed by atoms with Crippen LogP contribution in [-0.2, 0) is 19.6 Å². The summed E-state index contributed by atoms with van der Waals surface area (Å²) in [5.74, 6) is -0.0420. The van der Waals surface area contributed by atoms with Crippen molar-refractivity contribution in [1.29, 1.82) is 0 Å². The number of hydrogen-bond donors (Lipinski definition) is 1. The number of sulfonamides is 1. The molecule has 0 saturated carbocycles. The summed E-state index contributed by atoms with van der Waals surface area (Å²) < 4.78 is 33.0. The van der Waals surface area contributed by atoms with Crippen molar-refractivity contribution in [3.05, 3.63) is 29.3 Å². The third-order valence-corrected chi connectivity index (χ3v) is 5.44. The van der Waals surface area contributed by atoms with Crippen molar-refractivity contribution >= 4 is 27.5 Å². The molecular formula is C16H23ClN2O4S. The molecule has 1 heterocycles. The van der Waals surface area contributed by atoms with Gasteiger partial charge in [0.05, 0.1) is 18.1 Å². The zero-order valence-electron chi connectivity index (χ0n) is 13.9. The highest BCUT2D eigenvalue weighted by Gasteiger charge is 2.30. The lowest BCUT2D eigenvalue weighted by Crippen LogP contribution is -2.52. The van der Waals surface area contributed by atoms with Gasteiger partial charge < -0.3 is 9.64 Å². The van der Waals surface area contributed by atoms with E-state index in [4.69, 9.17) is 16.3 Å². The molecule has 8 heteroatoms. The van der Waals surface area contributed by atoms with E-state index in [1.807, 2.05) is 13.8 Å². The number of nitrogens with one attached hydrogen (secondary N) is 1. The monoisotopic (exact) mass is 374 g/mol. The Hall–Kier alpha value is -1.15. The van der Waals surface area contributed by atoms with Crippen LogP contribution in [0.2, 0.25) is 5.02 Å². The van der Waals surface area contributed by atoms with Gasteiger partial charge in [0.2, 0.25) is 15.9 Å². The first-order valence-electron chi connectivity index (χ1n) is 7.94. The van der Waals surface area contributed by atoms with Gasteiger partial charge in [-0.15, -0.1) is 0 Å². The van der Waals surface area contributed by atoms with Gasteiger partial charge in [-0.05, 0) is 30.5 Å². The predicted octanol–water partition coefficient (Wildman–Crippen LogP) is 1.89. The molecule has 0 radical (unpaired) electrons. The van der Waals surface area contributed by atoms with E-state index in [0.29, 0.717) is 37.7 Å². The van der Waals surface area contributed by atoms with Crippen LogP contribution in [0, 0.1) is 5.92 Å². The minimum atomic E-state index is -3.82. The highest BCUT2D eigenvalue weighted by atomic mass is 35.5. The van der Waals surface area contributed by atoms with Gasteiger partial charge in [0.1, 0.15) is 6.04 Å². The summed E-state index contributed by atoms with van der Waals surface area (Å²) in [6.45, 7) is 5.81. The van der Waals surface area contributed by atoms with E-state index in [1.54, 1.807) is 17.0 Å². The molecule has 2 rings (SSSR count). The normalized spacial score (nSPS) is 17.1. The zero-order chi connectivity index (χ0) is 17.7. The van der Waals surface area contributed by atoms with Crippen LogP contribution in [-0.4, -0.2) is 51.6 Å². The number of rotatable bonds is 6. The minimum absolute atomic E-state index is 0.0542. The van der Waals surface area contributed by atoms with Crippen LogP contribution >= 0.6 is 11.6 Å². The number of ether oxygens (including phenoxy) is 1. The zero-order valence-corrected chi connectivity index (χ0v) is 15.4. The summed E-state index contributed by atoms with van der Waals surface area (Å²) in [7, 11) is -3.82. The standard InChI is InChI=1S/C16H23ClN2O4S/c1-12(2)10-15(16(20)19-6-8-23-9-7-19)18-24(21,22)14-5-3-4-13(17)11-14/h3-5,11-12,15,18H,6-10H2,1-2H3/t15-/m0/s1. The van der Waals surface area contributed by atoms with Crippen molar-refractivity contribution in [3.63, 3.8) is 0 Å². The third-order valence-electron chi connectivity index (χ3n) is 3.73. The van der Waals surface area contributed by atoms with Crippen LogP contribution in [0.3, 0.4) is 0 Å². The Morgan fingerprint density at radius 2 is 2.00 bits per heavy atom. The molecule has 1 amide bonds. The molecular weight excluding hydrogens is 352 g/mol. The number of benzene rings is 1. The molecule has 0 aromatic heterocycles. The van der Waals surface area contributed by atoms with Crippen LogP contribution in [0.15, 0.2) is 29.2 Å². The van der Waals surface area contributed by atoms with Crippen LogP contribution in [0.4, 0.5) is 0 Å². The lowest BCUT2D eigenvalue weighted by molar-refractivity contribution is -0.137. The summed E-state index contributed by atoms with van der Waals surface area (Å²) >= 11 is 5.87. The first-order valence-corrected chi connectivity index (χ1v) is 9.80. The molecule has 0 aliphatic carbocycles. The molecule has 1 aromatic carbocycles. The maximum Gasteiger partial charge on any atom is 0.241 e. The number of morpholine rings is 1. The van der Waals surface area contributed by atoms with Crippen LogP contribution in [0.25, 0.3) is 0 Å². The van der Waals surface area contributed by atoms with Crippen LogP contribution < -0.4 is 4.72 Å². The van der Waals surface area contributed by atoms with Gasteiger partial charge in [-0.3, -0.25) is 4.79 Å². The third kappa shape index (κ3) is 5.17. The van der Waals surface area contributed by atoms with Crippen LogP contribution in [0.5, 0.6) is 0 Å².